The van der Waals surface area contributed by atoms with Gasteiger partial charge in [-0.25, -0.2) is 4.98 Å². The zero-order valence-corrected chi connectivity index (χ0v) is 18.5. The molecule has 0 radical (unpaired) electrons. The number of hydrogen-bond acceptors (Lipinski definition) is 5. The summed E-state index contributed by atoms with van der Waals surface area (Å²) in [7, 11) is 4.30. The van der Waals surface area contributed by atoms with Gasteiger partial charge in [0.25, 0.3) is 0 Å². The summed E-state index contributed by atoms with van der Waals surface area (Å²) >= 11 is 0. The SMILES string of the molecule is CCCCc1c(C)c(C#N)c2nc(C(C)(C)C)nn2c1N1CC[C@H](N(C)C)C1. The summed E-state index contributed by atoms with van der Waals surface area (Å²) in [5.41, 5.74) is 3.54. The van der Waals surface area contributed by atoms with Crippen molar-refractivity contribution in [1.82, 2.24) is 19.5 Å². The van der Waals surface area contributed by atoms with E-state index in [1.807, 2.05) is 4.52 Å². The number of pyridine rings is 1. The van der Waals surface area contributed by atoms with Crippen LogP contribution in [0.4, 0.5) is 5.82 Å². The molecule has 6 nitrogen and oxygen atoms in total. The van der Waals surface area contributed by atoms with Crippen molar-refractivity contribution < 1.29 is 0 Å². The van der Waals surface area contributed by atoms with Gasteiger partial charge >= 0.3 is 0 Å². The van der Waals surface area contributed by atoms with E-state index in [2.05, 4.69) is 64.6 Å². The van der Waals surface area contributed by atoms with Gasteiger partial charge in [0.05, 0.1) is 0 Å². The molecule has 2 aromatic heterocycles. The van der Waals surface area contributed by atoms with E-state index in [0.29, 0.717) is 17.3 Å². The molecule has 1 fully saturated rings. The van der Waals surface area contributed by atoms with Gasteiger partial charge in [0.2, 0.25) is 0 Å². The zero-order chi connectivity index (χ0) is 20.6. The molecule has 1 atom stereocenters. The highest BCUT2D eigenvalue weighted by Crippen LogP contribution is 2.34. The summed E-state index contributed by atoms with van der Waals surface area (Å²) in [5, 5.41) is 14.8. The van der Waals surface area contributed by atoms with Gasteiger partial charge in [-0.05, 0) is 51.4 Å². The van der Waals surface area contributed by atoms with Crippen LogP contribution in [0.3, 0.4) is 0 Å². The van der Waals surface area contributed by atoms with E-state index in [1.54, 1.807) is 0 Å². The lowest BCUT2D eigenvalue weighted by Crippen LogP contribution is -2.33. The van der Waals surface area contributed by atoms with E-state index in [4.69, 9.17) is 10.1 Å². The summed E-state index contributed by atoms with van der Waals surface area (Å²) in [4.78, 5) is 9.58. The van der Waals surface area contributed by atoms with Crippen LogP contribution in [0, 0.1) is 18.3 Å². The Hall–Kier alpha value is -2.13. The Morgan fingerprint density at radius 2 is 2.00 bits per heavy atom. The van der Waals surface area contributed by atoms with Crippen LogP contribution in [0.25, 0.3) is 5.65 Å². The molecule has 0 unspecified atom stereocenters. The molecule has 6 heteroatoms. The molecule has 0 saturated carbocycles. The third-order valence-corrected chi connectivity index (χ3v) is 5.89. The maximum Gasteiger partial charge on any atom is 0.176 e. The van der Waals surface area contributed by atoms with Crippen molar-refractivity contribution in [3.8, 4) is 6.07 Å². The van der Waals surface area contributed by atoms with Crippen LogP contribution >= 0.6 is 0 Å². The number of likely N-dealkylation sites (N-methyl/N-ethyl adjacent to an activating group) is 1. The number of nitrogens with zero attached hydrogens (tertiary/aromatic N) is 6. The number of aromatic nitrogens is 3. The topological polar surface area (TPSA) is 60.5 Å². The monoisotopic (exact) mass is 382 g/mol. The third-order valence-electron chi connectivity index (χ3n) is 5.89. The van der Waals surface area contributed by atoms with Crippen LogP contribution in [-0.2, 0) is 11.8 Å². The van der Waals surface area contributed by atoms with E-state index in [9.17, 15) is 5.26 Å². The molecule has 0 aliphatic carbocycles. The number of hydrogen-bond donors (Lipinski definition) is 0. The maximum absolute atomic E-state index is 9.90. The van der Waals surface area contributed by atoms with Crippen LogP contribution in [-0.4, -0.2) is 52.7 Å². The smallest absolute Gasteiger partial charge is 0.176 e. The molecule has 0 amide bonds. The minimum absolute atomic E-state index is 0.162. The van der Waals surface area contributed by atoms with E-state index in [1.165, 1.54) is 5.56 Å². The van der Waals surface area contributed by atoms with Crippen molar-refractivity contribution in [2.24, 2.45) is 0 Å². The molecule has 1 aliphatic rings. The summed E-state index contributed by atoms with van der Waals surface area (Å²) in [6.45, 7) is 12.6. The summed E-state index contributed by atoms with van der Waals surface area (Å²) in [5.74, 6) is 1.94. The first-order valence-electron chi connectivity index (χ1n) is 10.4. The molecule has 0 bridgehead atoms. The van der Waals surface area contributed by atoms with Crippen LogP contribution in [0.2, 0.25) is 0 Å². The molecule has 0 spiro atoms. The van der Waals surface area contributed by atoms with Gasteiger partial charge in [-0.2, -0.15) is 9.78 Å². The second-order valence-corrected chi connectivity index (χ2v) is 9.29. The second-order valence-electron chi connectivity index (χ2n) is 9.29. The first-order valence-corrected chi connectivity index (χ1v) is 10.4. The number of fused-ring (bicyclic) bond motifs is 1. The fraction of sp³-hybridized carbons (Fsp3) is 0.682. The van der Waals surface area contributed by atoms with Gasteiger partial charge in [0.1, 0.15) is 17.5 Å². The molecule has 3 rings (SSSR count). The largest absolute Gasteiger partial charge is 0.355 e. The molecule has 28 heavy (non-hydrogen) atoms. The molecule has 2 aromatic rings. The average Bonchev–Trinajstić information content (AvgIpc) is 3.26. The average molecular weight is 383 g/mol. The standard InChI is InChI=1S/C22H34N6/c1-8-9-10-17-15(2)18(13-23)19-24-21(22(3,4)5)25-28(19)20(17)27-12-11-16(14-27)26(6)7/h16H,8-12,14H2,1-7H3/t16-/m0/s1. The molecular formula is C22H34N6. The Kier molecular flexibility index (Phi) is 5.67. The lowest BCUT2D eigenvalue weighted by Gasteiger charge is -2.26. The lowest BCUT2D eigenvalue weighted by atomic mass is 9.96. The van der Waals surface area contributed by atoms with E-state index in [-0.39, 0.29) is 5.41 Å². The minimum atomic E-state index is -0.162. The van der Waals surface area contributed by atoms with Gasteiger partial charge < -0.3 is 9.80 Å². The van der Waals surface area contributed by atoms with E-state index < -0.39 is 0 Å². The first-order chi connectivity index (χ1) is 13.2. The Bertz CT molecular complexity index is 897. The third kappa shape index (κ3) is 3.60. The molecule has 1 aliphatic heterocycles. The second kappa shape index (κ2) is 7.71. The summed E-state index contributed by atoms with van der Waals surface area (Å²) in [6.07, 6.45) is 4.34. The maximum atomic E-state index is 9.90. The predicted molar refractivity (Wildman–Crippen MR) is 114 cm³/mol. The lowest BCUT2D eigenvalue weighted by molar-refractivity contribution is 0.315. The van der Waals surface area contributed by atoms with Crippen molar-refractivity contribution in [1.29, 1.82) is 5.26 Å². The van der Waals surface area contributed by atoms with Gasteiger partial charge in [0, 0.05) is 24.5 Å². The fourth-order valence-electron chi connectivity index (χ4n) is 4.02. The Morgan fingerprint density at radius 3 is 2.54 bits per heavy atom. The minimum Gasteiger partial charge on any atom is -0.355 e. The van der Waals surface area contributed by atoms with Crippen molar-refractivity contribution in [3.63, 3.8) is 0 Å². The van der Waals surface area contributed by atoms with Crippen LogP contribution < -0.4 is 4.90 Å². The van der Waals surface area contributed by atoms with Crippen molar-refractivity contribution in [3.05, 3.63) is 22.5 Å². The van der Waals surface area contributed by atoms with Gasteiger partial charge in [-0.15, -0.1) is 5.10 Å². The van der Waals surface area contributed by atoms with Crippen LogP contribution in [0.1, 0.15) is 69.5 Å². The number of rotatable bonds is 5. The van der Waals surface area contributed by atoms with Crippen LogP contribution in [0.15, 0.2) is 0 Å². The van der Waals surface area contributed by atoms with E-state index >= 15 is 0 Å². The molecule has 152 valence electrons. The zero-order valence-electron chi connectivity index (χ0n) is 18.5. The molecule has 3 heterocycles. The molecular weight excluding hydrogens is 348 g/mol. The summed E-state index contributed by atoms with van der Waals surface area (Å²) in [6, 6.07) is 2.95. The van der Waals surface area contributed by atoms with Gasteiger partial charge in [0.15, 0.2) is 11.5 Å². The van der Waals surface area contributed by atoms with E-state index in [0.717, 1.165) is 56.0 Å². The number of unbranched alkanes of at least 4 members (excludes halogenated alkanes) is 1. The van der Waals surface area contributed by atoms with Crippen molar-refractivity contribution >= 4 is 11.5 Å². The van der Waals surface area contributed by atoms with Crippen molar-refractivity contribution in [2.45, 2.75) is 71.8 Å². The fourth-order valence-corrected chi connectivity index (χ4v) is 4.02. The number of nitriles is 1. The highest BCUT2D eigenvalue weighted by molar-refractivity contribution is 5.69. The molecule has 1 saturated heterocycles. The Balaban J connectivity index is 2.26. The number of anilines is 1. The highest BCUT2D eigenvalue weighted by atomic mass is 15.4. The van der Waals surface area contributed by atoms with Crippen LogP contribution in [0.5, 0.6) is 0 Å². The predicted octanol–water partition coefficient (Wildman–Crippen LogP) is 3.69. The first kappa shape index (κ1) is 20.6. The normalized spacial score (nSPS) is 17.7. The van der Waals surface area contributed by atoms with Crippen molar-refractivity contribution in [2.75, 3.05) is 32.1 Å². The quantitative estimate of drug-likeness (QED) is 0.789. The summed E-state index contributed by atoms with van der Waals surface area (Å²) < 4.78 is 1.97. The Labute approximate surface area is 169 Å². The molecule has 0 aromatic carbocycles. The van der Waals surface area contributed by atoms with Gasteiger partial charge in [-0.3, -0.25) is 0 Å². The molecule has 0 N–H and O–H groups in total. The Morgan fingerprint density at radius 1 is 1.29 bits per heavy atom. The highest BCUT2D eigenvalue weighted by Gasteiger charge is 2.31. The van der Waals surface area contributed by atoms with Gasteiger partial charge in [-0.1, -0.05) is 34.1 Å².